The Bertz CT molecular complexity index is 531. The minimum Gasteiger partial charge on any atom is -0.481 e. The van der Waals surface area contributed by atoms with Gasteiger partial charge in [0.05, 0.1) is 12.8 Å². The molecule has 1 aromatic carbocycles. The number of thioether (sulfide) groups is 1. The number of halogens is 1. The van der Waals surface area contributed by atoms with E-state index < -0.39 is 0 Å². The van der Waals surface area contributed by atoms with Gasteiger partial charge in [-0.25, -0.2) is 4.98 Å². The van der Waals surface area contributed by atoms with E-state index in [1.54, 1.807) is 31.0 Å². The molecule has 1 aromatic heterocycles. The van der Waals surface area contributed by atoms with Crippen molar-refractivity contribution >= 4 is 29.1 Å². The van der Waals surface area contributed by atoms with Crippen molar-refractivity contribution in [1.82, 2.24) is 4.98 Å². The van der Waals surface area contributed by atoms with Crippen molar-refractivity contribution in [3.05, 3.63) is 47.0 Å². The van der Waals surface area contributed by atoms with Gasteiger partial charge in [0.15, 0.2) is 0 Å². The Morgan fingerprint density at radius 3 is 2.61 bits per heavy atom. The second-order valence-corrected chi connectivity index (χ2v) is 5.06. The van der Waals surface area contributed by atoms with E-state index in [4.69, 9.17) is 22.1 Å². The van der Waals surface area contributed by atoms with Crippen LogP contribution in [0.1, 0.15) is 5.56 Å². The molecule has 0 aliphatic carbocycles. The predicted octanol–water partition coefficient (Wildman–Crippen LogP) is 3.62. The van der Waals surface area contributed by atoms with Crippen LogP contribution < -0.4 is 10.5 Å². The first kappa shape index (κ1) is 13.1. The van der Waals surface area contributed by atoms with Crippen LogP contribution in [0, 0.1) is 0 Å². The third-order valence-electron chi connectivity index (χ3n) is 2.36. The highest BCUT2D eigenvalue weighted by Gasteiger charge is 2.04. The summed E-state index contributed by atoms with van der Waals surface area (Å²) in [5.74, 6) is 1.37. The van der Waals surface area contributed by atoms with Gasteiger partial charge in [-0.3, -0.25) is 0 Å². The lowest BCUT2D eigenvalue weighted by Crippen LogP contribution is -1.95. The third-order valence-corrected chi connectivity index (χ3v) is 3.69. The first-order valence-corrected chi connectivity index (χ1v) is 6.73. The van der Waals surface area contributed by atoms with Crippen molar-refractivity contribution in [2.45, 2.75) is 10.8 Å². The summed E-state index contributed by atoms with van der Waals surface area (Å²) < 4.78 is 5.08. The molecule has 3 nitrogen and oxygen atoms in total. The molecule has 2 aromatic rings. The summed E-state index contributed by atoms with van der Waals surface area (Å²) in [6, 6.07) is 11.3. The van der Waals surface area contributed by atoms with Crippen molar-refractivity contribution in [2.75, 3.05) is 12.8 Å². The van der Waals surface area contributed by atoms with Crippen molar-refractivity contribution in [3.8, 4) is 5.88 Å². The summed E-state index contributed by atoms with van der Waals surface area (Å²) in [7, 11) is 1.59. The molecule has 0 spiro atoms. The maximum atomic E-state index is 5.87. The molecule has 2 N–H and O–H groups in total. The number of nitrogens with zero attached hydrogens (tertiary/aromatic N) is 1. The molecule has 1 heterocycles. The fourth-order valence-corrected chi connectivity index (χ4v) is 2.41. The maximum Gasteiger partial charge on any atom is 0.214 e. The Labute approximate surface area is 115 Å². The van der Waals surface area contributed by atoms with Crippen LogP contribution >= 0.6 is 23.4 Å². The molecular weight excluding hydrogens is 268 g/mol. The number of benzene rings is 1. The molecule has 0 atom stereocenters. The van der Waals surface area contributed by atoms with Gasteiger partial charge in [-0.05, 0) is 23.8 Å². The van der Waals surface area contributed by atoms with E-state index in [1.807, 2.05) is 24.3 Å². The van der Waals surface area contributed by atoms with Crippen LogP contribution in [0.4, 0.5) is 5.69 Å². The van der Waals surface area contributed by atoms with Gasteiger partial charge >= 0.3 is 0 Å². The zero-order chi connectivity index (χ0) is 13.0. The molecule has 5 heteroatoms. The largest absolute Gasteiger partial charge is 0.481 e. The van der Waals surface area contributed by atoms with Gasteiger partial charge < -0.3 is 10.5 Å². The molecule has 18 heavy (non-hydrogen) atoms. The first-order valence-electron chi connectivity index (χ1n) is 5.37. The minimum atomic E-state index is 0.572. The Morgan fingerprint density at radius 2 is 1.94 bits per heavy atom. The fourth-order valence-electron chi connectivity index (χ4n) is 1.40. The topological polar surface area (TPSA) is 48.1 Å². The highest BCUT2D eigenvalue weighted by molar-refractivity contribution is 7.98. The summed E-state index contributed by atoms with van der Waals surface area (Å²) >= 11 is 7.41. The molecule has 0 bridgehead atoms. The summed E-state index contributed by atoms with van der Waals surface area (Å²) in [6.45, 7) is 0. The number of aromatic nitrogens is 1. The van der Waals surface area contributed by atoms with Crippen molar-refractivity contribution in [1.29, 1.82) is 0 Å². The molecule has 0 radical (unpaired) electrons. The van der Waals surface area contributed by atoms with Crippen molar-refractivity contribution in [3.63, 3.8) is 0 Å². The highest BCUT2D eigenvalue weighted by Crippen LogP contribution is 2.28. The third kappa shape index (κ3) is 3.31. The lowest BCUT2D eigenvalue weighted by Gasteiger charge is -2.06. The van der Waals surface area contributed by atoms with E-state index >= 15 is 0 Å². The monoisotopic (exact) mass is 280 g/mol. The Balaban J connectivity index is 2.07. The number of nitrogen functional groups attached to an aromatic ring is 1. The molecule has 94 valence electrons. The summed E-state index contributed by atoms with van der Waals surface area (Å²) in [5, 5.41) is 1.52. The van der Waals surface area contributed by atoms with Gasteiger partial charge in [0.1, 0.15) is 5.03 Å². The van der Waals surface area contributed by atoms with E-state index in [2.05, 4.69) is 4.98 Å². The molecule has 0 saturated heterocycles. The van der Waals surface area contributed by atoms with E-state index in [0.29, 0.717) is 11.6 Å². The fraction of sp³-hybridized carbons (Fsp3) is 0.154. The number of hydrogen-bond donors (Lipinski definition) is 1. The van der Waals surface area contributed by atoms with Crippen molar-refractivity contribution in [2.24, 2.45) is 0 Å². The Morgan fingerprint density at radius 1 is 1.22 bits per heavy atom. The normalized spacial score (nSPS) is 10.3. The van der Waals surface area contributed by atoms with Gasteiger partial charge in [0, 0.05) is 16.8 Å². The van der Waals surface area contributed by atoms with Crippen LogP contribution in [0.3, 0.4) is 0 Å². The number of ether oxygens (including phenoxy) is 1. The second-order valence-electron chi connectivity index (χ2n) is 3.66. The number of nitrogens with two attached hydrogens (primary N) is 1. The van der Waals surface area contributed by atoms with Crippen LogP contribution in [0.25, 0.3) is 0 Å². The van der Waals surface area contributed by atoms with E-state index in [1.165, 1.54) is 5.56 Å². The Hall–Kier alpha value is -1.39. The van der Waals surface area contributed by atoms with Gasteiger partial charge in [-0.1, -0.05) is 35.5 Å². The minimum absolute atomic E-state index is 0.572. The van der Waals surface area contributed by atoms with Crippen LogP contribution in [0.15, 0.2) is 41.4 Å². The zero-order valence-electron chi connectivity index (χ0n) is 9.89. The Kier molecular flexibility index (Phi) is 4.33. The predicted molar refractivity (Wildman–Crippen MR) is 76.2 cm³/mol. The molecule has 0 unspecified atom stereocenters. The quantitative estimate of drug-likeness (QED) is 0.869. The van der Waals surface area contributed by atoms with E-state index in [9.17, 15) is 0 Å². The highest BCUT2D eigenvalue weighted by atomic mass is 35.5. The van der Waals surface area contributed by atoms with Crippen LogP contribution in [0.5, 0.6) is 5.88 Å². The summed E-state index contributed by atoms with van der Waals surface area (Å²) in [5.41, 5.74) is 7.71. The van der Waals surface area contributed by atoms with E-state index in [-0.39, 0.29) is 0 Å². The summed E-state index contributed by atoms with van der Waals surface area (Å²) in [4.78, 5) is 4.31. The van der Waals surface area contributed by atoms with Crippen LogP contribution in [-0.2, 0) is 5.75 Å². The number of methoxy groups -OCH3 is 1. The van der Waals surface area contributed by atoms with Crippen LogP contribution in [-0.4, -0.2) is 12.1 Å². The number of anilines is 1. The zero-order valence-corrected chi connectivity index (χ0v) is 11.5. The van der Waals surface area contributed by atoms with Gasteiger partial charge in [-0.2, -0.15) is 0 Å². The van der Waals surface area contributed by atoms with Crippen molar-refractivity contribution < 1.29 is 4.74 Å². The molecule has 0 aliphatic heterocycles. The number of pyridine rings is 1. The number of rotatable bonds is 4. The SMILES string of the molecule is COc1ccc(N)c(SCc2ccc(Cl)cc2)n1. The number of hydrogen-bond acceptors (Lipinski definition) is 4. The molecular formula is C13H13ClN2OS. The molecule has 0 saturated carbocycles. The lowest BCUT2D eigenvalue weighted by molar-refractivity contribution is 0.395. The molecule has 0 aliphatic rings. The standard InChI is InChI=1S/C13H13ClN2OS/c1-17-12-7-6-11(15)13(16-12)18-8-9-2-4-10(14)5-3-9/h2-7H,8,15H2,1H3. The van der Waals surface area contributed by atoms with Crippen LogP contribution in [0.2, 0.25) is 5.02 Å². The van der Waals surface area contributed by atoms with Gasteiger partial charge in [0.25, 0.3) is 0 Å². The maximum absolute atomic E-state index is 5.87. The second kappa shape index (κ2) is 5.98. The molecule has 0 fully saturated rings. The molecule has 0 amide bonds. The van der Waals surface area contributed by atoms with Gasteiger partial charge in [-0.15, -0.1) is 0 Å². The van der Waals surface area contributed by atoms with Gasteiger partial charge in [0.2, 0.25) is 5.88 Å². The first-order chi connectivity index (χ1) is 8.69. The average Bonchev–Trinajstić information content (AvgIpc) is 2.40. The molecule has 2 rings (SSSR count). The average molecular weight is 281 g/mol. The summed E-state index contributed by atoms with van der Waals surface area (Å²) in [6.07, 6.45) is 0. The smallest absolute Gasteiger partial charge is 0.214 e. The van der Waals surface area contributed by atoms with E-state index in [0.717, 1.165) is 15.8 Å². The lowest BCUT2D eigenvalue weighted by atomic mass is 10.2.